The molecule has 0 saturated carbocycles. The monoisotopic (exact) mass is 281 g/mol. The SMILES string of the molecule is CCNC(Cc1ccc(OC)cc1)C1Cc2ccccc21. The van der Waals surface area contributed by atoms with E-state index in [1.165, 1.54) is 23.1 Å². The van der Waals surface area contributed by atoms with Crippen LogP contribution < -0.4 is 10.1 Å². The van der Waals surface area contributed by atoms with Crippen molar-refractivity contribution >= 4 is 0 Å². The van der Waals surface area contributed by atoms with Gasteiger partial charge < -0.3 is 10.1 Å². The Labute approximate surface area is 127 Å². The highest BCUT2D eigenvalue weighted by atomic mass is 16.5. The van der Waals surface area contributed by atoms with Crippen LogP contribution in [0, 0.1) is 0 Å². The number of rotatable bonds is 6. The first-order chi connectivity index (χ1) is 10.3. The maximum absolute atomic E-state index is 5.23. The summed E-state index contributed by atoms with van der Waals surface area (Å²) in [7, 11) is 1.71. The van der Waals surface area contributed by atoms with Crippen LogP contribution in [0.25, 0.3) is 0 Å². The van der Waals surface area contributed by atoms with E-state index < -0.39 is 0 Å². The highest BCUT2D eigenvalue weighted by Gasteiger charge is 2.32. The maximum Gasteiger partial charge on any atom is 0.118 e. The second-order valence-electron chi connectivity index (χ2n) is 5.73. The summed E-state index contributed by atoms with van der Waals surface area (Å²) in [5.74, 6) is 1.57. The normalized spacial score (nSPS) is 17.7. The van der Waals surface area contributed by atoms with Crippen molar-refractivity contribution in [1.29, 1.82) is 0 Å². The molecule has 0 aliphatic heterocycles. The molecule has 2 nitrogen and oxygen atoms in total. The van der Waals surface area contributed by atoms with Gasteiger partial charge >= 0.3 is 0 Å². The molecule has 2 aromatic rings. The molecule has 2 atom stereocenters. The van der Waals surface area contributed by atoms with E-state index in [0.717, 1.165) is 18.7 Å². The molecule has 1 aliphatic carbocycles. The van der Waals surface area contributed by atoms with Gasteiger partial charge in [0.25, 0.3) is 0 Å². The molecule has 0 fully saturated rings. The van der Waals surface area contributed by atoms with Gasteiger partial charge in [-0.2, -0.15) is 0 Å². The fourth-order valence-corrected chi connectivity index (χ4v) is 3.29. The van der Waals surface area contributed by atoms with E-state index in [9.17, 15) is 0 Å². The molecule has 21 heavy (non-hydrogen) atoms. The number of ether oxygens (including phenoxy) is 1. The van der Waals surface area contributed by atoms with Gasteiger partial charge in [0.1, 0.15) is 5.75 Å². The molecule has 0 radical (unpaired) electrons. The number of benzene rings is 2. The summed E-state index contributed by atoms with van der Waals surface area (Å²) in [5.41, 5.74) is 4.41. The molecule has 0 amide bonds. The summed E-state index contributed by atoms with van der Waals surface area (Å²) < 4.78 is 5.23. The molecular formula is C19H23NO. The van der Waals surface area contributed by atoms with Gasteiger partial charge in [-0.3, -0.25) is 0 Å². The Kier molecular flexibility index (Phi) is 4.26. The molecule has 0 bridgehead atoms. The van der Waals surface area contributed by atoms with Gasteiger partial charge in [0.2, 0.25) is 0 Å². The lowest BCUT2D eigenvalue weighted by Gasteiger charge is -2.37. The van der Waals surface area contributed by atoms with Crippen LogP contribution >= 0.6 is 0 Å². The summed E-state index contributed by atoms with van der Waals surface area (Å²) in [5, 5.41) is 3.67. The lowest BCUT2D eigenvalue weighted by molar-refractivity contribution is 0.403. The van der Waals surface area contributed by atoms with Gasteiger partial charge in [-0.05, 0) is 48.2 Å². The summed E-state index contributed by atoms with van der Waals surface area (Å²) in [6, 6.07) is 17.8. The van der Waals surface area contributed by atoms with Gasteiger partial charge in [0, 0.05) is 12.0 Å². The average Bonchev–Trinajstić information content (AvgIpc) is 2.49. The van der Waals surface area contributed by atoms with Crippen molar-refractivity contribution in [3.05, 3.63) is 65.2 Å². The van der Waals surface area contributed by atoms with E-state index in [-0.39, 0.29) is 0 Å². The highest BCUT2D eigenvalue weighted by Crippen LogP contribution is 2.38. The summed E-state index contributed by atoms with van der Waals surface area (Å²) in [6.07, 6.45) is 2.26. The molecule has 110 valence electrons. The number of methoxy groups -OCH3 is 1. The Hall–Kier alpha value is -1.80. The third kappa shape index (κ3) is 2.96. The Morgan fingerprint density at radius 2 is 1.90 bits per heavy atom. The van der Waals surface area contributed by atoms with Crippen LogP contribution in [-0.2, 0) is 12.8 Å². The maximum atomic E-state index is 5.23. The lowest BCUT2D eigenvalue weighted by atomic mass is 9.72. The standard InChI is InChI=1S/C19H23NO/c1-3-20-19(12-14-8-10-16(21-2)11-9-14)18-13-15-6-4-5-7-17(15)18/h4-11,18-20H,3,12-13H2,1-2H3. The minimum atomic E-state index is 0.512. The third-order valence-electron chi connectivity index (χ3n) is 4.46. The van der Waals surface area contributed by atoms with Gasteiger partial charge in [0.15, 0.2) is 0 Å². The number of likely N-dealkylation sites (N-methyl/N-ethyl adjacent to an activating group) is 1. The molecular weight excluding hydrogens is 258 g/mol. The van der Waals surface area contributed by atoms with Crippen molar-refractivity contribution < 1.29 is 4.74 Å². The number of hydrogen-bond donors (Lipinski definition) is 1. The predicted octanol–water partition coefficient (Wildman–Crippen LogP) is 3.56. The van der Waals surface area contributed by atoms with Crippen molar-refractivity contribution in [2.75, 3.05) is 13.7 Å². The minimum absolute atomic E-state index is 0.512. The number of hydrogen-bond acceptors (Lipinski definition) is 2. The Morgan fingerprint density at radius 3 is 2.57 bits per heavy atom. The van der Waals surface area contributed by atoms with Gasteiger partial charge in [-0.25, -0.2) is 0 Å². The van der Waals surface area contributed by atoms with E-state index in [0.29, 0.717) is 12.0 Å². The minimum Gasteiger partial charge on any atom is -0.497 e. The van der Waals surface area contributed by atoms with E-state index in [2.05, 4.69) is 48.6 Å². The van der Waals surface area contributed by atoms with Crippen LogP contribution in [0.5, 0.6) is 5.75 Å². The number of fused-ring (bicyclic) bond motifs is 1. The van der Waals surface area contributed by atoms with Gasteiger partial charge in [0.05, 0.1) is 7.11 Å². The van der Waals surface area contributed by atoms with E-state index >= 15 is 0 Å². The first-order valence-corrected chi connectivity index (χ1v) is 7.76. The lowest BCUT2D eigenvalue weighted by Crippen LogP contribution is -2.41. The first-order valence-electron chi connectivity index (χ1n) is 7.76. The van der Waals surface area contributed by atoms with Crippen LogP contribution in [0.1, 0.15) is 29.5 Å². The molecule has 1 aliphatic rings. The first kappa shape index (κ1) is 14.2. The fraction of sp³-hybridized carbons (Fsp3) is 0.368. The zero-order valence-corrected chi connectivity index (χ0v) is 12.8. The second-order valence-corrected chi connectivity index (χ2v) is 5.73. The van der Waals surface area contributed by atoms with Gasteiger partial charge in [-0.1, -0.05) is 43.3 Å². The molecule has 2 heteroatoms. The molecule has 0 aromatic heterocycles. The molecule has 2 unspecified atom stereocenters. The topological polar surface area (TPSA) is 21.3 Å². The largest absolute Gasteiger partial charge is 0.497 e. The van der Waals surface area contributed by atoms with Crippen molar-refractivity contribution in [3.8, 4) is 5.75 Å². The van der Waals surface area contributed by atoms with E-state index in [1.54, 1.807) is 7.11 Å². The Morgan fingerprint density at radius 1 is 1.14 bits per heavy atom. The van der Waals surface area contributed by atoms with E-state index in [1.807, 2.05) is 12.1 Å². The smallest absolute Gasteiger partial charge is 0.118 e. The zero-order chi connectivity index (χ0) is 14.7. The van der Waals surface area contributed by atoms with Gasteiger partial charge in [-0.15, -0.1) is 0 Å². The third-order valence-corrected chi connectivity index (χ3v) is 4.46. The van der Waals surface area contributed by atoms with Crippen LogP contribution in [-0.4, -0.2) is 19.7 Å². The zero-order valence-electron chi connectivity index (χ0n) is 12.8. The molecule has 2 aromatic carbocycles. The molecule has 1 N–H and O–H groups in total. The van der Waals surface area contributed by atoms with Crippen LogP contribution in [0.15, 0.2) is 48.5 Å². The summed E-state index contributed by atoms with van der Waals surface area (Å²) in [4.78, 5) is 0. The van der Waals surface area contributed by atoms with Crippen molar-refractivity contribution in [1.82, 2.24) is 5.32 Å². The average molecular weight is 281 g/mol. The molecule has 0 saturated heterocycles. The van der Waals surface area contributed by atoms with Crippen LogP contribution in [0.4, 0.5) is 0 Å². The molecule has 3 rings (SSSR count). The quantitative estimate of drug-likeness (QED) is 0.874. The summed E-state index contributed by atoms with van der Waals surface area (Å²) in [6.45, 7) is 3.20. The second kappa shape index (κ2) is 6.31. The highest BCUT2D eigenvalue weighted by molar-refractivity contribution is 5.41. The van der Waals surface area contributed by atoms with Crippen LogP contribution in [0.2, 0.25) is 0 Å². The number of nitrogens with one attached hydrogen (secondary N) is 1. The Balaban J connectivity index is 1.73. The van der Waals surface area contributed by atoms with Crippen molar-refractivity contribution in [3.63, 3.8) is 0 Å². The molecule has 0 spiro atoms. The fourth-order valence-electron chi connectivity index (χ4n) is 3.29. The van der Waals surface area contributed by atoms with Crippen molar-refractivity contribution in [2.24, 2.45) is 0 Å². The summed E-state index contributed by atoms with van der Waals surface area (Å²) >= 11 is 0. The van der Waals surface area contributed by atoms with Crippen molar-refractivity contribution in [2.45, 2.75) is 31.7 Å². The predicted molar refractivity (Wildman–Crippen MR) is 87.0 cm³/mol. The van der Waals surface area contributed by atoms with Crippen LogP contribution in [0.3, 0.4) is 0 Å². The Bertz CT molecular complexity index is 591. The van der Waals surface area contributed by atoms with E-state index in [4.69, 9.17) is 4.74 Å². The molecule has 0 heterocycles.